The van der Waals surface area contributed by atoms with Gasteiger partial charge in [-0.15, -0.1) is 0 Å². The number of hydrogen-bond acceptors (Lipinski definition) is 3. The maximum atomic E-state index is 5.93. The Bertz CT molecular complexity index is 719. The van der Waals surface area contributed by atoms with Gasteiger partial charge in [0.25, 0.3) is 0 Å². The molecule has 0 amide bonds. The van der Waals surface area contributed by atoms with Crippen LogP contribution in [0.2, 0.25) is 0 Å². The van der Waals surface area contributed by atoms with E-state index < -0.39 is 0 Å². The molecule has 3 rings (SSSR count). The third-order valence-electron chi connectivity index (χ3n) is 2.74. The summed E-state index contributed by atoms with van der Waals surface area (Å²) in [5.41, 5.74) is 9.47. The highest BCUT2D eigenvalue weighted by Gasteiger charge is 2.13. The molecule has 0 atom stereocenters. The summed E-state index contributed by atoms with van der Waals surface area (Å²) in [5, 5.41) is 0. The highest BCUT2D eigenvalue weighted by molar-refractivity contribution is 9.10. The van der Waals surface area contributed by atoms with Crippen molar-refractivity contribution in [1.29, 1.82) is 0 Å². The topological polar surface area (TPSA) is 56.2 Å². The first-order valence-electron chi connectivity index (χ1n) is 5.53. The van der Waals surface area contributed by atoms with Gasteiger partial charge >= 0.3 is 0 Å². The van der Waals surface area contributed by atoms with Gasteiger partial charge < -0.3 is 5.73 Å². The lowest BCUT2D eigenvalue weighted by molar-refractivity contribution is 1.10. The molecule has 0 aliphatic heterocycles. The molecule has 2 N–H and O–H groups in total. The Balaban J connectivity index is 2.39. The van der Waals surface area contributed by atoms with Crippen LogP contribution in [-0.2, 0) is 0 Å². The smallest absolute Gasteiger partial charge is 0.164 e. The Hall–Kier alpha value is -1.88. The summed E-state index contributed by atoms with van der Waals surface area (Å²) >= 11 is 3.44. The number of aromatic nitrogens is 3. The normalized spacial score (nSPS) is 11.0. The van der Waals surface area contributed by atoms with Gasteiger partial charge in [0.15, 0.2) is 11.5 Å². The van der Waals surface area contributed by atoms with Gasteiger partial charge in [0.1, 0.15) is 10.3 Å². The molecule has 0 bridgehead atoms. The minimum atomic E-state index is 0.457. The predicted molar refractivity (Wildman–Crippen MR) is 75.3 cm³/mol. The standard InChI is InChI=1S/C13H11BrN4/c1-8-7-18-11(14)12(15)17-10(13(18)16-8)9-5-3-2-4-6-9/h2-7H,15H2,1H3. The maximum Gasteiger partial charge on any atom is 0.164 e. The molecule has 0 unspecified atom stereocenters. The summed E-state index contributed by atoms with van der Waals surface area (Å²) in [6, 6.07) is 9.92. The molecule has 2 heterocycles. The number of anilines is 1. The number of fused-ring (bicyclic) bond motifs is 1. The van der Waals surface area contributed by atoms with Crippen LogP contribution in [0.5, 0.6) is 0 Å². The number of benzene rings is 1. The highest BCUT2D eigenvalue weighted by Crippen LogP contribution is 2.28. The second kappa shape index (κ2) is 4.10. The fourth-order valence-electron chi connectivity index (χ4n) is 1.94. The summed E-state index contributed by atoms with van der Waals surface area (Å²) < 4.78 is 2.65. The van der Waals surface area contributed by atoms with Crippen molar-refractivity contribution >= 4 is 27.4 Å². The molecule has 2 aromatic heterocycles. The van der Waals surface area contributed by atoms with Crippen molar-refractivity contribution in [3.05, 3.63) is 46.8 Å². The second-order valence-corrected chi connectivity index (χ2v) is 4.83. The van der Waals surface area contributed by atoms with Gasteiger partial charge in [0, 0.05) is 11.8 Å². The summed E-state index contributed by atoms with van der Waals surface area (Å²) in [5.74, 6) is 0.457. The second-order valence-electron chi connectivity index (χ2n) is 4.08. The van der Waals surface area contributed by atoms with E-state index in [0.717, 1.165) is 27.2 Å². The van der Waals surface area contributed by atoms with Crippen molar-refractivity contribution in [3.63, 3.8) is 0 Å². The molecule has 0 fully saturated rings. The van der Waals surface area contributed by atoms with Gasteiger partial charge in [-0.2, -0.15) is 0 Å². The van der Waals surface area contributed by atoms with E-state index >= 15 is 0 Å². The quantitative estimate of drug-likeness (QED) is 0.751. The molecule has 0 spiro atoms. The average molecular weight is 303 g/mol. The van der Waals surface area contributed by atoms with Crippen LogP contribution in [0.25, 0.3) is 16.9 Å². The molecule has 0 aliphatic rings. The Kier molecular flexibility index (Phi) is 2.56. The molecule has 0 aliphatic carbocycles. The van der Waals surface area contributed by atoms with Crippen molar-refractivity contribution in [1.82, 2.24) is 14.4 Å². The average Bonchev–Trinajstić information content (AvgIpc) is 2.77. The Morgan fingerprint density at radius 3 is 2.61 bits per heavy atom. The van der Waals surface area contributed by atoms with Crippen molar-refractivity contribution in [2.75, 3.05) is 5.73 Å². The first kappa shape index (κ1) is 11.2. The zero-order valence-corrected chi connectivity index (χ0v) is 11.3. The molecule has 18 heavy (non-hydrogen) atoms. The number of nitrogen functional groups attached to an aromatic ring is 1. The van der Waals surface area contributed by atoms with Crippen molar-refractivity contribution < 1.29 is 0 Å². The lowest BCUT2D eigenvalue weighted by atomic mass is 10.1. The van der Waals surface area contributed by atoms with Crippen LogP contribution in [0.1, 0.15) is 5.69 Å². The van der Waals surface area contributed by atoms with E-state index in [0.29, 0.717) is 5.82 Å². The summed E-state index contributed by atoms with van der Waals surface area (Å²) in [6.45, 7) is 1.95. The fourth-order valence-corrected chi connectivity index (χ4v) is 2.30. The number of nitrogens with zero attached hydrogens (tertiary/aromatic N) is 3. The van der Waals surface area contributed by atoms with Gasteiger partial charge in [-0.1, -0.05) is 30.3 Å². The minimum Gasteiger partial charge on any atom is -0.381 e. The van der Waals surface area contributed by atoms with Crippen LogP contribution in [0.3, 0.4) is 0 Å². The van der Waals surface area contributed by atoms with E-state index in [1.165, 1.54) is 0 Å². The molecule has 1 aromatic carbocycles. The molecule has 0 saturated heterocycles. The summed E-state index contributed by atoms with van der Waals surface area (Å²) in [4.78, 5) is 8.94. The zero-order valence-electron chi connectivity index (χ0n) is 9.76. The van der Waals surface area contributed by atoms with Crippen molar-refractivity contribution in [3.8, 4) is 11.3 Å². The summed E-state index contributed by atoms with van der Waals surface area (Å²) in [6.07, 6.45) is 1.93. The minimum absolute atomic E-state index is 0.457. The van der Waals surface area contributed by atoms with E-state index in [-0.39, 0.29) is 0 Å². The van der Waals surface area contributed by atoms with Crippen LogP contribution in [0.15, 0.2) is 41.1 Å². The van der Waals surface area contributed by atoms with Gasteiger partial charge in [-0.05, 0) is 22.9 Å². The van der Waals surface area contributed by atoms with Gasteiger partial charge in [0.2, 0.25) is 0 Å². The third-order valence-corrected chi connectivity index (χ3v) is 3.53. The third kappa shape index (κ3) is 1.67. The molecule has 0 saturated carbocycles. The number of rotatable bonds is 1. The molecule has 90 valence electrons. The molecular formula is C13H11BrN4. The molecule has 4 nitrogen and oxygen atoms in total. The van der Waals surface area contributed by atoms with E-state index in [1.807, 2.05) is 47.9 Å². The number of hydrogen-bond donors (Lipinski definition) is 1. The Labute approximate surface area is 113 Å². The lowest BCUT2D eigenvalue weighted by Crippen LogP contribution is -2.01. The summed E-state index contributed by atoms with van der Waals surface area (Å²) in [7, 11) is 0. The predicted octanol–water partition coefficient (Wildman–Crippen LogP) is 3.05. The molecular weight excluding hydrogens is 292 g/mol. The molecule has 3 aromatic rings. The van der Waals surface area contributed by atoms with E-state index in [1.54, 1.807) is 0 Å². The Morgan fingerprint density at radius 1 is 1.17 bits per heavy atom. The van der Waals surface area contributed by atoms with Gasteiger partial charge in [-0.3, -0.25) is 4.40 Å². The number of aryl methyl sites for hydroxylation is 1. The first-order valence-corrected chi connectivity index (χ1v) is 6.32. The van der Waals surface area contributed by atoms with Crippen LogP contribution in [-0.4, -0.2) is 14.4 Å². The monoisotopic (exact) mass is 302 g/mol. The highest BCUT2D eigenvalue weighted by atomic mass is 79.9. The molecule has 0 radical (unpaired) electrons. The first-order chi connectivity index (χ1) is 8.66. The van der Waals surface area contributed by atoms with Crippen LogP contribution in [0, 0.1) is 6.92 Å². The maximum absolute atomic E-state index is 5.93. The van der Waals surface area contributed by atoms with E-state index in [9.17, 15) is 0 Å². The SMILES string of the molecule is Cc1cn2c(Br)c(N)nc(-c3ccccc3)c2n1. The van der Waals surface area contributed by atoms with Crippen LogP contribution < -0.4 is 5.73 Å². The number of halogens is 1. The Morgan fingerprint density at radius 2 is 1.89 bits per heavy atom. The fraction of sp³-hybridized carbons (Fsp3) is 0.0769. The van der Waals surface area contributed by atoms with Gasteiger partial charge in [-0.25, -0.2) is 9.97 Å². The molecule has 5 heteroatoms. The zero-order chi connectivity index (χ0) is 12.7. The van der Waals surface area contributed by atoms with E-state index in [2.05, 4.69) is 25.9 Å². The van der Waals surface area contributed by atoms with Gasteiger partial charge in [0.05, 0.1) is 5.69 Å². The lowest BCUT2D eigenvalue weighted by Gasteiger charge is -2.07. The number of nitrogens with two attached hydrogens (primary N) is 1. The number of imidazole rings is 1. The largest absolute Gasteiger partial charge is 0.381 e. The van der Waals surface area contributed by atoms with E-state index in [4.69, 9.17) is 5.73 Å². The van der Waals surface area contributed by atoms with Crippen LogP contribution in [0.4, 0.5) is 5.82 Å². The van der Waals surface area contributed by atoms with Crippen LogP contribution >= 0.6 is 15.9 Å². The van der Waals surface area contributed by atoms with Crippen molar-refractivity contribution in [2.24, 2.45) is 0 Å². The van der Waals surface area contributed by atoms with Crippen molar-refractivity contribution in [2.45, 2.75) is 6.92 Å².